The summed E-state index contributed by atoms with van der Waals surface area (Å²) in [7, 11) is -3.83. The van der Waals surface area contributed by atoms with Crippen molar-refractivity contribution in [1.29, 1.82) is 0 Å². The van der Waals surface area contributed by atoms with E-state index in [9.17, 15) is 18.5 Å². The van der Waals surface area contributed by atoms with Crippen LogP contribution < -0.4 is 10.5 Å². The molecule has 0 radical (unpaired) electrons. The molecule has 10 nitrogen and oxygen atoms in total. The highest BCUT2D eigenvalue weighted by atomic mass is 35.5. The second kappa shape index (κ2) is 5.70. The molecule has 0 atom stereocenters. The van der Waals surface area contributed by atoms with E-state index in [1.807, 2.05) is 0 Å². The Balaban J connectivity index is 2.07. The summed E-state index contributed by atoms with van der Waals surface area (Å²) < 4.78 is 27.0. The number of halogens is 1. The van der Waals surface area contributed by atoms with Gasteiger partial charge >= 0.3 is 5.69 Å². The fraction of sp³-hybridized carbons (Fsp3) is 0. The van der Waals surface area contributed by atoms with E-state index in [2.05, 4.69) is 20.3 Å². The minimum atomic E-state index is -3.83. The summed E-state index contributed by atoms with van der Waals surface area (Å²) in [6, 6.07) is 6.65. The Kier molecular flexibility index (Phi) is 3.83. The van der Waals surface area contributed by atoms with Gasteiger partial charge in [-0.25, -0.2) is 18.2 Å². The van der Waals surface area contributed by atoms with Gasteiger partial charge in [0.1, 0.15) is 5.69 Å². The van der Waals surface area contributed by atoms with Crippen LogP contribution in [-0.2, 0) is 10.0 Å². The Bertz CT molecular complexity index is 1050. The maximum Gasteiger partial charge on any atom is 0.324 e. The first-order valence-corrected chi connectivity index (χ1v) is 8.19. The van der Waals surface area contributed by atoms with Crippen molar-refractivity contribution in [3.8, 4) is 0 Å². The molecule has 1 heterocycles. The van der Waals surface area contributed by atoms with Crippen molar-refractivity contribution in [3.63, 3.8) is 0 Å². The van der Waals surface area contributed by atoms with Crippen molar-refractivity contribution in [1.82, 2.24) is 10.3 Å². The number of benzene rings is 2. The molecule has 0 saturated heterocycles. The monoisotopic (exact) mass is 369 g/mol. The van der Waals surface area contributed by atoms with Crippen LogP contribution in [0.25, 0.3) is 11.0 Å². The fourth-order valence-electron chi connectivity index (χ4n) is 2.06. The molecule has 3 rings (SSSR count). The highest BCUT2D eigenvalue weighted by molar-refractivity contribution is 7.89. The number of primary sulfonamides is 1. The van der Waals surface area contributed by atoms with Crippen molar-refractivity contribution >= 4 is 49.7 Å². The molecule has 3 N–H and O–H groups in total. The third kappa shape index (κ3) is 2.87. The van der Waals surface area contributed by atoms with Crippen molar-refractivity contribution in [2.45, 2.75) is 4.90 Å². The Morgan fingerprint density at radius 3 is 2.42 bits per heavy atom. The zero-order valence-electron chi connectivity index (χ0n) is 11.6. The highest BCUT2D eigenvalue weighted by Crippen LogP contribution is 2.37. The summed E-state index contributed by atoms with van der Waals surface area (Å²) in [5.74, 6) is 0. The van der Waals surface area contributed by atoms with Crippen molar-refractivity contribution in [3.05, 3.63) is 45.5 Å². The van der Waals surface area contributed by atoms with E-state index < -0.39 is 14.9 Å². The molecule has 0 aliphatic carbocycles. The topological polar surface area (TPSA) is 154 Å². The van der Waals surface area contributed by atoms with Crippen molar-refractivity contribution in [2.75, 3.05) is 5.32 Å². The largest absolute Gasteiger partial charge is 0.350 e. The standard InChI is InChI=1S/C12H8ClN5O5S/c13-8-5-9(12(18(19)20)11-10(8)16-23-17-11)15-6-1-3-7(4-2-6)24(14,21)22/h1-5,15H,(H2,14,21,22). The van der Waals surface area contributed by atoms with Crippen LogP contribution in [0.2, 0.25) is 5.02 Å². The molecule has 0 aliphatic rings. The fourth-order valence-corrected chi connectivity index (χ4v) is 2.80. The molecule has 0 spiro atoms. The minimum absolute atomic E-state index is 0.0524. The lowest BCUT2D eigenvalue weighted by atomic mass is 10.2. The summed E-state index contributed by atoms with van der Waals surface area (Å²) in [6.07, 6.45) is 0. The van der Waals surface area contributed by atoms with Gasteiger partial charge in [0, 0.05) is 5.69 Å². The number of nitro groups is 1. The lowest BCUT2D eigenvalue weighted by Gasteiger charge is -2.08. The van der Waals surface area contributed by atoms with Gasteiger partial charge in [-0.2, -0.15) is 0 Å². The van der Waals surface area contributed by atoms with E-state index in [4.69, 9.17) is 16.7 Å². The first-order chi connectivity index (χ1) is 11.3. The van der Waals surface area contributed by atoms with Crippen LogP contribution in [0.4, 0.5) is 17.1 Å². The molecule has 0 fully saturated rings. The number of aromatic nitrogens is 2. The number of nitrogens with two attached hydrogens (primary N) is 1. The maximum atomic E-state index is 11.3. The van der Waals surface area contributed by atoms with E-state index in [0.717, 1.165) is 0 Å². The molecule has 2 aromatic carbocycles. The summed E-state index contributed by atoms with van der Waals surface area (Å²) >= 11 is 6.01. The number of anilines is 2. The normalized spacial score (nSPS) is 11.6. The summed E-state index contributed by atoms with van der Waals surface area (Å²) in [4.78, 5) is 10.6. The number of rotatable bonds is 4. The zero-order valence-corrected chi connectivity index (χ0v) is 13.2. The molecule has 0 bridgehead atoms. The number of hydrogen-bond acceptors (Lipinski definition) is 8. The number of nitro benzene ring substituents is 1. The Hall–Kier alpha value is -2.76. The van der Waals surface area contributed by atoms with Gasteiger partial charge in [-0.1, -0.05) is 11.6 Å². The lowest BCUT2D eigenvalue weighted by Crippen LogP contribution is -2.11. The van der Waals surface area contributed by atoms with E-state index in [1.165, 1.54) is 30.3 Å². The predicted octanol–water partition coefficient (Wildman–Crippen LogP) is 2.18. The van der Waals surface area contributed by atoms with Crippen molar-refractivity contribution in [2.24, 2.45) is 5.14 Å². The van der Waals surface area contributed by atoms with Gasteiger partial charge in [0.05, 0.1) is 14.8 Å². The Labute approximate surface area is 139 Å². The van der Waals surface area contributed by atoms with Crippen LogP contribution in [0.15, 0.2) is 39.9 Å². The van der Waals surface area contributed by atoms with Crippen LogP contribution in [-0.4, -0.2) is 23.7 Å². The molecule has 0 amide bonds. The maximum absolute atomic E-state index is 11.3. The SMILES string of the molecule is NS(=O)(=O)c1ccc(Nc2cc(Cl)c3nonc3c2[N+](=O)[O-])cc1. The second-order valence-corrected chi connectivity index (χ2v) is 6.64. The Morgan fingerprint density at radius 2 is 1.83 bits per heavy atom. The van der Waals surface area contributed by atoms with Crippen LogP contribution in [0.5, 0.6) is 0 Å². The molecule has 124 valence electrons. The van der Waals surface area contributed by atoms with Gasteiger partial charge in [0.25, 0.3) is 0 Å². The van der Waals surface area contributed by atoms with Crippen LogP contribution in [0.1, 0.15) is 0 Å². The third-order valence-corrected chi connectivity index (χ3v) is 4.33. The van der Waals surface area contributed by atoms with Crippen molar-refractivity contribution < 1.29 is 18.0 Å². The zero-order chi connectivity index (χ0) is 17.5. The molecule has 1 aromatic heterocycles. The molecule has 3 aromatic rings. The molecular formula is C12H8ClN5O5S. The van der Waals surface area contributed by atoms with Crippen LogP contribution >= 0.6 is 11.6 Å². The summed E-state index contributed by atoms with van der Waals surface area (Å²) in [5.41, 5.74) is 0.0368. The smallest absolute Gasteiger partial charge is 0.324 e. The van der Waals surface area contributed by atoms with E-state index in [-0.39, 0.29) is 32.3 Å². The molecule has 0 unspecified atom stereocenters. The average molecular weight is 370 g/mol. The highest BCUT2D eigenvalue weighted by Gasteiger charge is 2.25. The average Bonchev–Trinajstić information content (AvgIpc) is 2.96. The van der Waals surface area contributed by atoms with Crippen LogP contribution in [0.3, 0.4) is 0 Å². The van der Waals surface area contributed by atoms with Gasteiger partial charge in [0.2, 0.25) is 15.5 Å². The summed E-state index contributed by atoms with van der Waals surface area (Å²) in [5, 5.41) is 26.3. The molecule has 12 heteroatoms. The number of nitrogens with zero attached hydrogens (tertiary/aromatic N) is 3. The van der Waals surface area contributed by atoms with E-state index in [0.29, 0.717) is 5.69 Å². The van der Waals surface area contributed by atoms with Gasteiger partial charge in [0.15, 0.2) is 5.52 Å². The lowest BCUT2D eigenvalue weighted by molar-refractivity contribution is -0.382. The van der Waals surface area contributed by atoms with E-state index in [1.54, 1.807) is 0 Å². The van der Waals surface area contributed by atoms with Crippen LogP contribution in [0, 0.1) is 10.1 Å². The van der Waals surface area contributed by atoms with Gasteiger partial charge in [-0.15, -0.1) is 0 Å². The number of sulfonamides is 1. The molecule has 0 aliphatic heterocycles. The van der Waals surface area contributed by atoms with E-state index >= 15 is 0 Å². The van der Waals surface area contributed by atoms with Gasteiger partial charge in [-0.05, 0) is 40.6 Å². The third-order valence-electron chi connectivity index (χ3n) is 3.11. The molecule has 24 heavy (non-hydrogen) atoms. The Morgan fingerprint density at radius 1 is 1.21 bits per heavy atom. The van der Waals surface area contributed by atoms with Gasteiger partial charge < -0.3 is 5.32 Å². The first-order valence-electron chi connectivity index (χ1n) is 6.26. The molecular weight excluding hydrogens is 362 g/mol. The number of hydrogen-bond donors (Lipinski definition) is 2. The predicted molar refractivity (Wildman–Crippen MR) is 84.6 cm³/mol. The quantitative estimate of drug-likeness (QED) is 0.523. The van der Waals surface area contributed by atoms with Gasteiger partial charge in [-0.3, -0.25) is 10.1 Å². The first kappa shape index (κ1) is 16.1. The molecule has 0 saturated carbocycles. The second-order valence-electron chi connectivity index (χ2n) is 4.67. The number of fused-ring (bicyclic) bond motifs is 1. The minimum Gasteiger partial charge on any atom is -0.350 e. The number of nitrogens with one attached hydrogen (secondary N) is 1. The summed E-state index contributed by atoms with van der Waals surface area (Å²) in [6.45, 7) is 0.